The number of halogens is 2. The van der Waals surface area contributed by atoms with Crippen molar-refractivity contribution in [1.82, 2.24) is 10.2 Å². The Morgan fingerprint density at radius 2 is 2.10 bits per heavy atom. The number of carbonyl (C=O) groups excluding carboxylic acids is 1. The van der Waals surface area contributed by atoms with Crippen LogP contribution in [0.3, 0.4) is 0 Å². The average Bonchev–Trinajstić information content (AvgIpc) is 2.81. The van der Waals surface area contributed by atoms with Crippen molar-refractivity contribution in [3.63, 3.8) is 0 Å². The van der Waals surface area contributed by atoms with Crippen LogP contribution in [-0.2, 0) is 11.2 Å². The third kappa shape index (κ3) is 3.91. The Labute approximate surface area is 131 Å². The topological polar surface area (TPSA) is 54.9 Å². The van der Waals surface area contributed by atoms with Crippen LogP contribution in [0.4, 0.5) is 5.13 Å². The first-order chi connectivity index (χ1) is 9.45. The van der Waals surface area contributed by atoms with E-state index in [1.165, 1.54) is 11.3 Å². The summed E-state index contributed by atoms with van der Waals surface area (Å²) in [5, 5.41) is 13.1. The van der Waals surface area contributed by atoms with Gasteiger partial charge in [-0.2, -0.15) is 0 Å². The first-order valence-electron chi connectivity index (χ1n) is 6.03. The molecule has 0 saturated heterocycles. The zero-order chi connectivity index (χ0) is 14.7. The lowest BCUT2D eigenvalue weighted by atomic mass is 10.1. The molecule has 106 valence electrons. The van der Waals surface area contributed by atoms with E-state index in [2.05, 4.69) is 15.5 Å². The molecule has 2 aromatic rings. The Morgan fingerprint density at radius 3 is 2.70 bits per heavy atom. The van der Waals surface area contributed by atoms with Gasteiger partial charge in [-0.25, -0.2) is 0 Å². The van der Waals surface area contributed by atoms with Gasteiger partial charge in [0.25, 0.3) is 0 Å². The van der Waals surface area contributed by atoms with E-state index in [1.807, 2.05) is 13.8 Å². The monoisotopic (exact) mass is 329 g/mol. The number of aromatic nitrogens is 2. The van der Waals surface area contributed by atoms with Crippen LogP contribution in [0.15, 0.2) is 18.2 Å². The Balaban J connectivity index is 2.01. The van der Waals surface area contributed by atoms with Gasteiger partial charge in [-0.3, -0.25) is 4.79 Å². The molecule has 1 N–H and O–H groups in total. The van der Waals surface area contributed by atoms with Gasteiger partial charge in [0.05, 0.1) is 6.42 Å². The molecule has 0 aliphatic carbocycles. The lowest BCUT2D eigenvalue weighted by Crippen LogP contribution is -2.14. The fraction of sp³-hybridized carbons (Fsp3) is 0.308. The third-order valence-electron chi connectivity index (χ3n) is 2.55. The molecule has 0 bridgehead atoms. The fourth-order valence-corrected chi connectivity index (χ4v) is 2.76. The summed E-state index contributed by atoms with van der Waals surface area (Å²) in [6, 6.07) is 5.06. The summed E-state index contributed by atoms with van der Waals surface area (Å²) in [5.41, 5.74) is 0.724. The third-order valence-corrected chi connectivity index (χ3v) is 4.27. The summed E-state index contributed by atoms with van der Waals surface area (Å²) in [7, 11) is 0. The quantitative estimate of drug-likeness (QED) is 0.916. The number of nitrogens with one attached hydrogen (secondary N) is 1. The molecule has 1 heterocycles. The van der Waals surface area contributed by atoms with Gasteiger partial charge >= 0.3 is 0 Å². The highest BCUT2D eigenvalue weighted by Gasteiger charge is 2.12. The maximum Gasteiger partial charge on any atom is 0.230 e. The predicted molar refractivity (Wildman–Crippen MR) is 82.8 cm³/mol. The summed E-state index contributed by atoms with van der Waals surface area (Å²) < 4.78 is 0. The first kappa shape index (κ1) is 15.2. The van der Waals surface area contributed by atoms with Gasteiger partial charge in [0.15, 0.2) is 0 Å². The minimum absolute atomic E-state index is 0.173. The highest BCUT2D eigenvalue weighted by atomic mass is 35.5. The van der Waals surface area contributed by atoms with Crippen LogP contribution in [0.1, 0.15) is 30.3 Å². The molecule has 7 heteroatoms. The lowest BCUT2D eigenvalue weighted by Gasteiger charge is -2.04. The van der Waals surface area contributed by atoms with Crippen LogP contribution in [0.25, 0.3) is 0 Å². The number of rotatable bonds is 4. The van der Waals surface area contributed by atoms with Crippen LogP contribution in [0, 0.1) is 0 Å². The molecule has 1 aromatic heterocycles. The predicted octanol–water partition coefficient (Wildman–Crippen LogP) is 4.15. The summed E-state index contributed by atoms with van der Waals surface area (Å²) in [6.45, 7) is 4.05. The number of benzene rings is 1. The molecular weight excluding hydrogens is 317 g/mol. The molecule has 20 heavy (non-hydrogen) atoms. The van der Waals surface area contributed by atoms with Crippen molar-refractivity contribution in [3.05, 3.63) is 38.8 Å². The maximum absolute atomic E-state index is 11.9. The Kier molecular flexibility index (Phi) is 4.96. The van der Waals surface area contributed by atoms with Crippen LogP contribution < -0.4 is 5.32 Å². The van der Waals surface area contributed by atoms with E-state index in [1.54, 1.807) is 18.2 Å². The Morgan fingerprint density at radius 1 is 1.35 bits per heavy atom. The minimum atomic E-state index is -0.180. The molecule has 0 unspecified atom stereocenters. The fourth-order valence-electron chi connectivity index (χ4n) is 1.52. The maximum atomic E-state index is 11.9. The molecule has 0 aliphatic heterocycles. The average molecular weight is 330 g/mol. The molecule has 0 aliphatic rings. The molecule has 1 amide bonds. The van der Waals surface area contributed by atoms with Crippen molar-refractivity contribution in [2.45, 2.75) is 26.2 Å². The minimum Gasteiger partial charge on any atom is -0.300 e. The first-order valence-corrected chi connectivity index (χ1v) is 7.60. The molecule has 4 nitrogen and oxygen atoms in total. The summed E-state index contributed by atoms with van der Waals surface area (Å²) in [6.07, 6.45) is 0.173. The van der Waals surface area contributed by atoms with Crippen molar-refractivity contribution >= 4 is 45.6 Å². The van der Waals surface area contributed by atoms with Gasteiger partial charge in [0, 0.05) is 16.0 Å². The van der Waals surface area contributed by atoms with Crippen molar-refractivity contribution in [3.8, 4) is 0 Å². The number of carbonyl (C=O) groups is 1. The zero-order valence-electron chi connectivity index (χ0n) is 11.0. The second-order valence-corrected chi connectivity index (χ2v) is 6.41. The number of anilines is 1. The van der Waals surface area contributed by atoms with Gasteiger partial charge in [0.1, 0.15) is 5.01 Å². The molecular formula is C13H13Cl2N3OS. The van der Waals surface area contributed by atoms with E-state index in [9.17, 15) is 4.79 Å². The van der Waals surface area contributed by atoms with Crippen molar-refractivity contribution in [2.75, 3.05) is 5.32 Å². The summed E-state index contributed by atoms with van der Waals surface area (Å²) >= 11 is 13.2. The number of hydrogen-bond acceptors (Lipinski definition) is 4. The standard InChI is InChI=1S/C13H13Cl2N3OS/c1-7(2)12-17-18-13(20-12)16-11(19)5-8-3-4-9(14)6-10(8)15/h3-4,6-7H,5H2,1-2H3,(H,16,18,19). The van der Waals surface area contributed by atoms with E-state index in [4.69, 9.17) is 23.2 Å². The SMILES string of the molecule is CC(C)c1nnc(NC(=O)Cc2ccc(Cl)cc2Cl)s1. The molecule has 0 atom stereocenters. The highest BCUT2D eigenvalue weighted by molar-refractivity contribution is 7.15. The van der Waals surface area contributed by atoms with Gasteiger partial charge in [-0.05, 0) is 17.7 Å². The lowest BCUT2D eigenvalue weighted by molar-refractivity contribution is -0.115. The second kappa shape index (κ2) is 6.52. The normalized spacial score (nSPS) is 10.8. The van der Waals surface area contributed by atoms with Crippen LogP contribution in [0.2, 0.25) is 10.0 Å². The number of amides is 1. The van der Waals surface area contributed by atoms with E-state index in [0.717, 1.165) is 10.6 Å². The largest absolute Gasteiger partial charge is 0.300 e. The second-order valence-electron chi connectivity index (χ2n) is 4.56. The van der Waals surface area contributed by atoms with Gasteiger partial charge < -0.3 is 5.32 Å². The van der Waals surface area contributed by atoms with E-state index in [0.29, 0.717) is 21.1 Å². The summed E-state index contributed by atoms with van der Waals surface area (Å²) in [4.78, 5) is 11.9. The van der Waals surface area contributed by atoms with Gasteiger partial charge in [-0.15, -0.1) is 10.2 Å². The van der Waals surface area contributed by atoms with Crippen molar-refractivity contribution in [1.29, 1.82) is 0 Å². The van der Waals surface area contributed by atoms with Gasteiger partial charge in [-0.1, -0.05) is 54.5 Å². The van der Waals surface area contributed by atoms with Crippen LogP contribution in [-0.4, -0.2) is 16.1 Å². The van der Waals surface area contributed by atoms with Gasteiger partial charge in [0.2, 0.25) is 11.0 Å². The molecule has 0 fully saturated rings. The summed E-state index contributed by atoms with van der Waals surface area (Å²) in [5.74, 6) is 0.115. The molecule has 0 spiro atoms. The molecule has 2 rings (SSSR count). The van der Waals surface area contributed by atoms with E-state index < -0.39 is 0 Å². The van der Waals surface area contributed by atoms with Crippen LogP contribution in [0.5, 0.6) is 0 Å². The number of hydrogen-bond donors (Lipinski definition) is 1. The smallest absolute Gasteiger partial charge is 0.230 e. The zero-order valence-corrected chi connectivity index (χ0v) is 13.3. The van der Waals surface area contributed by atoms with Crippen molar-refractivity contribution in [2.24, 2.45) is 0 Å². The Hall–Kier alpha value is -1.17. The molecule has 0 radical (unpaired) electrons. The molecule has 1 aromatic carbocycles. The van der Waals surface area contributed by atoms with E-state index in [-0.39, 0.29) is 12.3 Å². The van der Waals surface area contributed by atoms with E-state index >= 15 is 0 Å². The number of nitrogens with zero attached hydrogens (tertiary/aromatic N) is 2. The highest BCUT2D eigenvalue weighted by Crippen LogP contribution is 2.24. The molecule has 0 saturated carbocycles. The Bertz CT molecular complexity index is 628. The van der Waals surface area contributed by atoms with Crippen molar-refractivity contribution < 1.29 is 4.79 Å². The van der Waals surface area contributed by atoms with Crippen LogP contribution >= 0.6 is 34.5 Å².